The molecule has 0 radical (unpaired) electrons. The van der Waals surface area contributed by atoms with Gasteiger partial charge in [-0.2, -0.15) is 11.8 Å². The minimum absolute atomic E-state index is 0.0251. The first kappa shape index (κ1) is 24.1. The molecule has 0 amide bonds. The van der Waals surface area contributed by atoms with Crippen molar-refractivity contribution in [1.29, 1.82) is 0 Å². The quantitative estimate of drug-likeness (QED) is 0.212. The van der Waals surface area contributed by atoms with Crippen LogP contribution in [0.1, 0.15) is 25.5 Å². The lowest BCUT2D eigenvalue weighted by molar-refractivity contribution is -0.139. The number of aromatic nitrogens is 4. The molecule has 1 saturated heterocycles. The maximum absolute atomic E-state index is 10.8. The van der Waals surface area contributed by atoms with Crippen LogP contribution in [-0.4, -0.2) is 94.3 Å². The fourth-order valence-electron chi connectivity index (χ4n) is 3.24. The Hall–Kier alpha value is -2.52. The largest absolute Gasteiger partial charge is 0.481 e. The van der Waals surface area contributed by atoms with Gasteiger partial charge in [-0.25, -0.2) is 15.0 Å². The Morgan fingerprint density at radius 2 is 2.03 bits per heavy atom. The van der Waals surface area contributed by atoms with Crippen molar-refractivity contribution in [2.45, 2.75) is 49.8 Å². The molecule has 176 valence electrons. The lowest BCUT2D eigenvalue weighted by Gasteiger charge is -2.16. The third-order valence-electron chi connectivity index (χ3n) is 5.00. The number of ether oxygens (including phenoxy) is 1. The molecule has 0 saturated carbocycles. The second kappa shape index (κ2) is 10.9. The molecule has 0 aromatic carbocycles. The van der Waals surface area contributed by atoms with Crippen LogP contribution < -0.4 is 11.1 Å². The van der Waals surface area contributed by atoms with Crippen LogP contribution in [0.4, 0.5) is 5.82 Å². The van der Waals surface area contributed by atoms with Crippen molar-refractivity contribution >= 4 is 40.7 Å². The van der Waals surface area contributed by atoms with Gasteiger partial charge in [0.05, 0.1) is 12.4 Å². The van der Waals surface area contributed by atoms with Crippen LogP contribution in [0.5, 0.6) is 0 Å². The van der Waals surface area contributed by atoms with E-state index in [9.17, 15) is 19.8 Å². The summed E-state index contributed by atoms with van der Waals surface area (Å²) in [5.41, 5.74) is 6.29. The van der Waals surface area contributed by atoms with Gasteiger partial charge in [-0.05, 0) is 18.6 Å². The molecule has 0 unspecified atom stereocenters. The Bertz CT molecular complexity index is 944. The molecule has 0 bridgehead atoms. The molecule has 32 heavy (non-hydrogen) atoms. The van der Waals surface area contributed by atoms with Crippen molar-refractivity contribution in [3.63, 3.8) is 0 Å². The van der Waals surface area contributed by atoms with E-state index in [1.807, 2.05) is 0 Å². The molecule has 2 aromatic heterocycles. The molecular weight excluding hydrogens is 444 g/mol. The summed E-state index contributed by atoms with van der Waals surface area (Å²) in [6.07, 6.45) is -0.493. The van der Waals surface area contributed by atoms with Gasteiger partial charge in [-0.1, -0.05) is 0 Å². The maximum atomic E-state index is 10.8. The predicted molar refractivity (Wildman–Crippen MR) is 114 cm³/mol. The number of aliphatic hydroxyl groups is 2. The molecule has 14 heteroatoms. The highest BCUT2D eigenvalue weighted by atomic mass is 32.2. The van der Waals surface area contributed by atoms with Crippen molar-refractivity contribution in [2.24, 2.45) is 5.73 Å². The Labute approximate surface area is 187 Å². The van der Waals surface area contributed by atoms with Crippen molar-refractivity contribution in [3.05, 3.63) is 12.7 Å². The summed E-state index contributed by atoms with van der Waals surface area (Å²) < 4.78 is 7.38. The standard InChI is InChI=1S/C18H26N6O7S/c19-9(18(29)30)3-5-32-6-10-13(27)14(28)17(31-10)24-8-23-12-15(21-7-22-16(12)24)20-4-1-2-11(25)26/h7-10,13-14,17,27-28H,1-6,19H2,(H,25,26)(H,29,30)(H,20,21,22)/t9-,10+,13+,14+,17+/m0/s1. The highest BCUT2D eigenvalue weighted by molar-refractivity contribution is 7.99. The highest BCUT2D eigenvalue weighted by Gasteiger charge is 2.44. The normalized spacial score (nSPS) is 24.0. The van der Waals surface area contributed by atoms with Crippen molar-refractivity contribution in [2.75, 3.05) is 23.4 Å². The zero-order valence-electron chi connectivity index (χ0n) is 17.1. The molecule has 7 N–H and O–H groups in total. The molecule has 3 rings (SSSR count). The van der Waals surface area contributed by atoms with Gasteiger partial charge in [0, 0.05) is 18.7 Å². The summed E-state index contributed by atoms with van der Waals surface area (Å²) in [5.74, 6) is -0.706. The van der Waals surface area contributed by atoms with Gasteiger partial charge < -0.3 is 36.2 Å². The van der Waals surface area contributed by atoms with Crippen molar-refractivity contribution in [1.82, 2.24) is 19.5 Å². The van der Waals surface area contributed by atoms with Crippen LogP contribution in [-0.2, 0) is 14.3 Å². The van der Waals surface area contributed by atoms with Gasteiger partial charge in [0.15, 0.2) is 23.2 Å². The number of nitrogens with one attached hydrogen (secondary N) is 1. The number of carboxylic acid groups (broad SMARTS) is 2. The third kappa shape index (κ3) is 5.63. The summed E-state index contributed by atoms with van der Waals surface area (Å²) in [7, 11) is 0. The summed E-state index contributed by atoms with van der Waals surface area (Å²) in [6, 6.07) is -0.945. The smallest absolute Gasteiger partial charge is 0.320 e. The zero-order valence-corrected chi connectivity index (χ0v) is 17.9. The van der Waals surface area contributed by atoms with Crippen LogP contribution in [0.2, 0.25) is 0 Å². The van der Waals surface area contributed by atoms with Crippen molar-refractivity contribution < 1.29 is 34.8 Å². The number of imidazole rings is 1. The molecule has 2 aromatic rings. The molecule has 1 aliphatic heterocycles. The number of rotatable bonds is 12. The fraction of sp³-hybridized carbons (Fsp3) is 0.611. The maximum Gasteiger partial charge on any atom is 0.320 e. The van der Waals surface area contributed by atoms with E-state index in [1.54, 1.807) is 0 Å². The highest BCUT2D eigenvalue weighted by Crippen LogP contribution is 2.33. The number of thioether (sulfide) groups is 1. The number of nitrogens with two attached hydrogens (primary N) is 1. The molecule has 0 spiro atoms. The molecular formula is C18H26N6O7S. The van der Waals surface area contributed by atoms with Crippen LogP contribution in [0.25, 0.3) is 11.2 Å². The minimum atomic E-state index is -1.22. The Morgan fingerprint density at radius 3 is 2.75 bits per heavy atom. The van der Waals surface area contributed by atoms with E-state index >= 15 is 0 Å². The SMILES string of the molecule is N[C@@H](CCSC[C@H]1O[C@@H](n2cnc3c(NCCCC(=O)O)ncnc32)[C@H](O)[C@@H]1O)C(=O)O. The summed E-state index contributed by atoms with van der Waals surface area (Å²) in [4.78, 5) is 34.0. The lowest BCUT2D eigenvalue weighted by Crippen LogP contribution is -2.33. The Balaban J connectivity index is 1.63. The Morgan fingerprint density at radius 1 is 1.25 bits per heavy atom. The van der Waals surface area contributed by atoms with Crippen LogP contribution in [0, 0.1) is 0 Å². The summed E-state index contributed by atoms with van der Waals surface area (Å²) in [5, 5.41) is 41.5. The third-order valence-corrected chi connectivity index (χ3v) is 6.09. The van der Waals surface area contributed by atoms with E-state index in [4.69, 9.17) is 20.7 Å². The van der Waals surface area contributed by atoms with E-state index in [-0.39, 0.29) is 12.8 Å². The van der Waals surface area contributed by atoms with Crippen LogP contribution in [0.15, 0.2) is 12.7 Å². The fourth-order valence-corrected chi connectivity index (χ4v) is 4.34. The van der Waals surface area contributed by atoms with E-state index in [0.29, 0.717) is 41.5 Å². The van der Waals surface area contributed by atoms with Gasteiger partial charge >= 0.3 is 11.9 Å². The average Bonchev–Trinajstić information content (AvgIpc) is 3.30. The van der Waals surface area contributed by atoms with Crippen molar-refractivity contribution in [3.8, 4) is 0 Å². The second-order valence-corrected chi connectivity index (χ2v) is 8.47. The van der Waals surface area contributed by atoms with Gasteiger partial charge in [0.25, 0.3) is 0 Å². The molecule has 1 aliphatic rings. The van der Waals surface area contributed by atoms with Gasteiger partial charge in [-0.3, -0.25) is 14.2 Å². The number of carbonyl (C=O) groups is 2. The van der Waals surface area contributed by atoms with E-state index in [2.05, 4.69) is 20.3 Å². The lowest BCUT2D eigenvalue weighted by atomic mass is 10.1. The number of hydrogen-bond acceptors (Lipinski definition) is 11. The monoisotopic (exact) mass is 470 g/mol. The average molecular weight is 471 g/mol. The summed E-state index contributed by atoms with van der Waals surface area (Å²) in [6.45, 7) is 0.386. The van der Waals surface area contributed by atoms with Crippen LogP contribution >= 0.6 is 11.8 Å². The molecule has 1 fully saturated rings. The number of aliphatic carboxylic acids is 2. The molecule has 5 atom stereocenters. The second-order valence-electron chi connectivity index (χ2n) is 7.33. The number of nitrogens with zero attached hydrogens (tertiary/aromatic N) is 4. The minimum Gasteiger partial charge on any atom is -0.481 e. The number of aliphatic hydroxyl groups excluding tert-OH is 2. The molecule has 0 aliphatic carbocycles. The van der Waals surface area contributed by atoms with E-state index < -0.39 is 42.5 Å². The summed E-state index contributed by atoms with van der Waals surface area (Å²) >= 11 is 1.38. The first-order valence-electron chi connectivity index (χ1n) is 10.0. The molecule has 13 nitrogen and oxygen atoms in total. The number of carboxylic acids is 2. The predicted octanol–water partition coefficient (Wildman–Crippen LogP) is -0.743. The zero-order chi connectivity index (χ0) is 23.3. The topological polar surface area (TPSA) is 206 Å². The van der Waals surface area contributed by atoms with Gasteiger partial charge in [-0.15, -0.1) is 0 Å². The van der Waals surface area contributed by atoms with E-state index in [1.165, 1.54) is 29.0 Å². The number of fused-ring (bicyclic) bond motifs is 1. The van der Waals surface area contributed by atoms with Gasteiger partial charge in [0.2, 0.25) is 0 Å². The van der Waals surface area contributed by atoms with Gasteiger partial charge in [0.1, 0.15) is 24.6 Å². The van der Waals surface area contributed by atoms with E-state index in [0.717, 1.165) is 0 Å². The molecule has 3 heterocycles. The van der Waals surface area contributed by atoms with Crippen LogP contribution in [0.3, 0.4) is 0 Å². The number of anilines is 1. The Kier molecular flexibility index (Phi) is 8.20. The first-order chi connectivity index (χ1) is 15.3. The first-order valence-corrected chi connectivity index (χ1v) is 11.2. The number of hydrogen-bond donors (Lipinski definition) is 6.